The number of carbonyl (C=O) groups excluding carboxylic acids is 1. The first-order valence-corrected chi connectivity index (χ1v) is 8.57. The van der Waals surface area contributed by atoms with E-state index in [1.54, 1.807) is 0 Å². The van der Waals surface area contributed by atoms with Crippen LogP contribution in [0.5, 0.6) is 0 Å². The Labute approximate surface area is 129 Å². The standard InChI is InChI=1S/C17H32N2O2/c1-13(12-14-6-5-7-14)18-15-8-10-19(11-9-15)16(20)21-17(2,3)4/h13-15,18H,5-12H2,1-4H3. The SMILES string of the molecule is CC(CC1CCC1)NC1CCN(C(=O)OC(C)(C)C)CC1. The molecule has 0 bridgehead atoms. The van der Waals surface area contributed by atoms with Crippen molar-refractivity contribution in [2.24, 2.45) is 5.92 Å². The second-order valence-corrected chi connectivity index (χ2v) is 7.84. The number of rotatable bonds is 4. The van der Waals surface area contributed by atoms with Crippen LogP contribution in [0.15, 0.2) is 0 Å². The number of piperidine rings is 1. The van der Waals surface area contributed by atoms with Crippen molar-refractivity contribution in [1.29, 1.82) is 0 Å². The minimum atomic E-state index is -0.399. The fourth-order valence-electron chi connectivity index (χ4n) is 3.25. The van der Waals surface area contributed by atoms with Gasteiger partial charge in [0.15, 0.2) is 0 Å². The second-order valence-electron chi connectivity index (χ2n) is 7.84. The van der Waals surface area contributed by atoms with Crippen LogP contribution < -0.4 is 5.32 Å². The maximum atomic E-state index is 12.0. The number of nitrogens with one attached hydrogen (secondary N) is 1. The quantitative estimate of drug-likeness (QED) is 0.862. The van der Waals surface area contributed by atoms with Gasteiger partial charge >= 0.3 is 6.09 Å². The van der Waals surface area contributed by atoms with Crippen molar-refractivity contribution in [2.45, 2.75) is 83.9 Å². The number of carbonyl (C=O) groups is 1. The maximum absolute atomic E-state index is 12.0. The Morgan fingerprint density at radius 3 is 2.33 bits per heavy atom. The zero-order valence-electron chi connectivity index (χ0n) is 14.2. The minimum Gasteiger partial charge on any atom is -0.444 e. The summed E-state index contributed by atoms with van der Waals surface area (Å²) in [4.78, 5) is 13.9. The van der Waals surface area contributed by atoms with Gasteiger partial charge in [0.05, 0.1) is 0 Å². The Balaban J connectivity index is 1.66. The summed E-state index contributed by atoms with van der Waals surface area (Å²) < 4.78 is 5.43. The van der Waals surface area contributed by atoms with Gasteiger partial charge in [-0.2, -0.15) is 0 Å². The van der Waals surface area contributed by atoms with E-state index in [1.165, 1.54) is 25.7 Å². The highest BCUT2D eigenvalue weighted by Gasteiger charge is 2.28. The molecule has 0 aromatic heterocycles. The molecule has 122 valence electrons. The monoisotopic (exact) mass is 296 g/mol. The van der Waals surface area contributed by atoms with Gasteiger partial charge in [-0.15, -0.1) is 0 Å². The normalized spacial score (nSPS) is 22.8. The molecule has 1 amide bonds. The van der Waals surface area contributed by atoms with E-state index in [-0.39, 0.29) is 6.09 Å². The minimum absolute atomic E-state index is 0.163. The van der Waals surface area contributed by atoms with Crippen LogP contribution in [0.1, 0.15) is 66.2 Å². The summed E-state index contributed by atoms with van der Waals surface area (Å²) in [5.41, 5.74) is -0.399. The van der Waals surface area contributed by atoms with Crippen molar-refractivity contribution in [3.05, 3.63) is 0 Å². The third-order valence-corrected chi connectivity index (χ3v) is 4.58. The van der Waals surface area contributed by atoms with Gasteiger partial charge in [0, 0.05) is 25.2 Å². The molecule has 1 heterocycles. The van der Waals surface area contributed by atoms with E-state index in [9.17, 15) is 4.79 Å². The van der Waals surface area contributed by atoms with Gasteiger partial charge in [0.2, 0.25) is 0 Å². The first kappa shape index (κ1) is 16.6. The van der Waals surface area contributed by atoms with Crippen molar-refractivity contribution in [3.63, 3.8) is 0 Å². The van der Waals surface area contributed by atoms with E-state index in [4.69, 9.17) is 4.74 Å². The lowest BCUT2D eigenvalue weighted by Gasteiger charge is -2.36. The predicted molar refractivity (Wildman–Crippen MR) is 85.4 cm³/mol. The molecule has 0 aromatic carbocycles. The molecule has 1 unspecified atom stereocenters. The van der Waals surface area contributed by atoms with Gasteiger partial charge in [-0.3, -0.25) is 0 Å². The van der Waals surface area contributed by atoms with E-state index in [0.717, 1.165) is 31.8 Å². The highest BCUT2D eigenvalue weighted by atomic mass is 16.6. The summed E-state index contributed by atoms with van der Waals surface area (Å²) in [7, 11) is 0. The fraction of sp³-hybridized carbons (Fsp3) is 0.941. The van der Waals surface area contributed by atoms with Gasteiger partial charge in [-0.05, 0) is 52.9 Å². The molecule has 1 N–H and O–H groups in total. The molecule has 2 rings (SSSR count). The molecule has 1 aliphatic carbocycles. The van der Waals surface area contributed by atoms with E-state index in [2.05, 4.69) is 12.2 Å². The molecular formula is C17H32N2O2. The zero-order valence-corrected chi connectivity index (χ0v) is 14.2. The van der Waals surface area contributed by atoms with Crippen molar-refractivity contribution in [2.75, 3.05) is 13.1 Å². The molecule has 1 saturated heterocycles. The Kier molecular flexibility index (Phi) is 5.53. The molecule has 4 nitrogen and oxygen atoms in total. The number of hydrogen-bond acceptors (Lipinski definition) is 3. The van der Waals surface area contributed by atoms with Gasteiger partial charge < -0.3 is 15.0 Å². The molecule has 21 heavy (non-hydrogen) atoms. The van der Waals surface area contributed by atoms with E-state index in [1.807, 2.05) is 25.7 Å². The third kappa shape index (κ3) is 5.50. The van der Waals surface area contributed by atoms with Gasteiger partial charge in [-0.25, -0.2) is 4.79 Å². The predicted octanol–water partition coefficient (Wildman–Crippen LogP) is 3.55. The Morgan fingerprint density at radius 2 is 1.86 bits per heavy atom. The van der Waals surface area contributed by atoms with Crippen molar-refractivity contribution >= 4 is 6.09 Å². The number of likely N-dealkylation sites (tertiary alicyclic amines) is 1. The first-order valence-electron chi connectivity index (χ1n) is 8.57. The summed E-state index contributed by atoms with van der Waals surface area (Å²) in [5.74, 6) is 0.953. The lowest BCUT2D eigenvalue weighted by molar-refractivity contribution is 0.0195. The topological polar surface area (TPSA) is 41.6 Å². The molecule has 1 atom stereocenters. The molecule has 0 aromatic rings. The second kappa shape index (κ2) is 6.99. The summed E-state index contributed by atoms with van der Waals surface area (Å²) in [6.07, 6.45) is 7.48. The highest BCUT2D eigenvalue weighted by molar-refractivity contribution is 5.68. The van der Waals surface area contributed by atoms with Gasteiger partial charge in [0.25, 0.3) is 0 Å². The van der Waals surface area contributed by atoms with E-state index in [0.29, 0.717) is 12.1 Å². The largest absolute Gasteiger partial charge is 0.444 e. The lowest BCUT2D eigenvalue weighted by Crippen LogP contribution is -2.48. The molecule has 2 fully saturated rings. The van der Waals surface area contributed by atoms with Crippen LogP contribution in [0, 0.1) is 5.92 Å². The highest BCUT2D eigenvalue weighted by Crippen LogP contribution is 2.30. The fourth-order valence-corrected chi connectivity index (χ4v) is 3.25. The molecule has 4 heteroatoms. The van der Waals surface area contributed by atoms with Crippen LogP contribution in [-0.4, -0.2) is 41.8 Å². The summed E-state index contributed by atoms with van der Waals surface area (Å²) in [6, 6.07) is 1.16. The Bertz CT molecular complexity index is 339. The van der Waals surface area contributed by atoms with Gasteiger partial charge in [-0.1, -0.05) is 19.3 Å². The third-order valence-electron chi connectivity index (χ3n) is 4.58. The number of hydrogen-bond donors (Lipinski definition) is 1. The Morgan fingerprint density at radius 1 is 1.24 bits per heavy atom. The summed E-state index contributed by atoms with van der Waals surface area (Å²) in [6.45, 7) is 9.67. The first-order chi connectivity index (χ1) is 9.83. The number of nitrogens with zero attached hydrogens (tertiary/aromatic N) is 1. The summed E-state index contributed by atoms with van der Waals surface area (Å²) in [5, 5.41) is 3.75. The van der Waals surface area contributed by atoms with Crippen molar-refractivity contribution < 1.29 is 9.53 Å². The molecular weight excluding hydrogens is 264 g/mol. The molecule has 2 aliphatic rings. The van der Waals surface area contributed by atoms with Gasteiger partial charge in [0.1, 0.15) is 5.60 Å². The van der Waals surface area contributed by atoms with Crippen molar-refractivity contribution in [1.82, 2.24) is 10.2 Å². The lowest BCUT2D eigenvalue weighted by atomic mass is 9.81. The van der Waals surface area contributed by atoms with E-state index < -0.39 is 5.60 Å². The van der Waals surface area contributed by atoms with Crippen LogP contribution in [0.4, 0.5) is 4.79 Å². The molecule has 1 saturated carbocycles. The number of ether oxygens (including phenoxy) is 1. The molecule has 1 aliphatic heterocycles. The average molecular weight is 296 g/mol. The molecule has 0 radical (unpaired) electrons. The number of amides is 1. The zero-order chi connectivity index (χ0) is 15.5. The van der Waals surface area contributed by atoms with E-state index >= 15 is 0 Å². The smallest absolute Gasteiger partial charge is 0.410 e. The molecule has 0 spiro atoms. The van der Waals surface area contributed by atoms with Crippen LogP contribution in [0.3, 0.4) is 0 Å². The average Bonchev–Trinajstić information content (AvgIpc) is 2.32. The summed E-state index contributed by atoms with van der Waals surface area (Å²) >= 11 is 0. The van der Waals surface area contributed by atoms with Crippen LogP contribution >= 0.6 is 0 Å². The van der Waals surface area contributed by atoms with Crippen LogP contribution in [0.25, 0.3) is 0 Å². The maximum Gasteiger partial charge on any atom is 0.410 e. The Hall–Kier alpha value is -0.770. The van der Waals surface area contributed by atoms with Crippen LogP contribution in [0.2, 0.25) is 0 Å². The van der Waals surface area contributed by atoms with Crippen molar-refractivity contribution in [3.8, 4) is 0 Å². The van der Waals surface area contributed by atoms with Crippen LogP contribution in [-0.2, 0) is 4.74 Å².